The Bertz CT molecular complexity index is 962. The van der Waals surface area contributed by atoms with Gasteiger partial charge in [-0.25, -0.2) is 4.68 Å². The molecule has 1 aliphatic rings. The Morgan fingerprint density at radius 2 is 1.84 bits per heavy atom. The molecular weight excluding hydrogens is 482 g/mol. The molecule has 1 unspecified atom stereocenters. The van der Waals surface area contributed by atoms with Crippen molar-refractivity contribution >= 4 is 46.8 Å². The van der Waals surface area contributed by atoms with E-state index >= 15 is 0 Å². The number of nitrogens with two attached hydrogens (primary N) is 1. The summed E-state index contributed by atoms with van der Waals surface area (Å²) in [5.74, 6) is 0.465. The average molecular weight is 501 g/mol. The first-order valence-electron chi connectivity index (χ1n) is 9.13. The van der Waals surface area contributed by atoms with Gasteiger partial charge in [0, 0.05) is 38.8 Å². The van der Waals surface area contributed by atoms with Crippen LogP contribution in [0.2, 0.25) is 15.1 Å². The molecule has 0 amide bonds. The average Bonchev–Trinajstić information content (AvgIpc) is 3.06. The number of ether oxygens (including phenoxy) is 1. The number of methoxy groups -OCH3 is 1. The van der Waals surface area contributed by atoms with Gasteiger partial charge in [-0.3, -0.25) is 9.69 Å². The van der Waals surface area contributed by atoms with Crippen molar-refractivity contribution in [2.24, 2.45) is 5.73 Å². The summed E-state index contributed by atoms with van der Waals surface area (Å²) in [4.78, 5) is 15.5. The van der Waals surface area contributed by atoms with Crippen molar-refractivity contribution < 1.29 is 22.7 Å². The summed E-state index contributed by atoms with van der Waals surface area (Å²) >= 11 is 18.2. The molecule has 1 saturated heterocycles. The van der Waals surface area contributed by atoms with Crippen molar-refractivity contribution in [2.45, 2.75) is 18.9 Å². The Balaban J connectivity index is 1.83. The highest BCUT2D eigenvalue weighted by molar-refractivity contribution is 6.37. The van der Waals surface area contributed by atoms with Crippen LogP contribution in [0.1, 0.15) is 17.6 Å². The van der Waals surface area contributed by atoms with Crippen LogP contribution in [-0.2, 0) is 17.5 Å². The number of benzene rings is 1. The third-order valence-corrected chi connectivity index (χ3v) is 6.03. The highest BCUT2D eigenvalue weighted by Gasteiger charge is 2.40. The fourth-order valence-corrected chi connectivity index (χ4v) is 4.36. The second kappa shape index (κ2) is 9.41. The van der Waals surface area contributed by atoms with Crippen LogP contribution in [0.3, 0.4) is 0 Å². The van der Waals surface area contributed by atoms with Gasteiger partial charge in [-0.2, -0.15) is 18.3 Å². The molecule has 1 atom stereocenters. The van der Waals surface area contributed by atoms with Gasteiger partial charge in [0.05, 0.1) is 33.6 Å². The van der Waals surface area contributed by atoms with Crippen LogP contribution in [0, 0.1) is 0 Å². The molecule has 1 aromatic carbocycles. The lowest BCUT2D eigenvalue weighted by Gasteiger charge is -2.39. The Morgan fingerprint density at radius 1 is 1.19 bits per heavy atom. The number of aldehydes is 1. The van der Waals surface area contributed by atoms with Crippen molar-refractivity contribution in [3.8, 4) is 5.75 Å². The summed E-state index contributed by atoms with van der Waals surface area (Å²) in [6.07, 6.45) is -5.32. The minimum absolute atomic E-state index is 0.0565. The summed E-state index contributed by atoms with van der Waals surface area (Å²) in [7, 11) is 1.49. The molecule has 31 heavy (non-hydrogen) atoms. The number of hydrogen-bond acceptors (Lipinski definition) is 6. The minimum atomic E-state index is -4.76. The molecule has 2 N–H and O–H groups in total. The van der Waals surface area contributed by atoms with Crippen molar-refractivity contribution in [1.29, 1.82) is 0 Å². The SMILES string of the molecule is COc1cc(N2CCN(C(C=O)n3nc(C(F)(F)F)c(Cl)c3CN)CC2)c(Cl)cc1Cl. The number of carbonyl (C=O) groups is 1. The van der Waals surface area contributed by atoms with E-state index in [0.717, 1.165) is 4.68 Å². The topological polar surface area (TPSA) is 76.6 Å². The molecule has 7 nitrogen and oxygen atoms in total. The smallest absolute Gasteiger partial charge is 0.436 e. The fourth-order valence-electron chi connectivity index (χ4n) is 3.48. The molecule has 2 heterocycles. The first-order valence-corrected chi connectivity index (χ1v) is 10.3. The van der Waals surface area contributed by atoms with Gasteiger partial charge in [0.15, 0.2) is 18.1 Å². The lowest BCUT2D eigenvalue weighted by Crippen LogP contribution is -2.49. The Morgan fingerprint density at radius 3 is 2.35 bits per heavy atom. The monoisotopic (exact) mass is 499 g/mol. The highest BCUT2D eigenvalue weighted by atomic mass is 35.5. The first kappa shape index (κ1) is 23.9. The number of rotatable bonds is 6. The largest absolute Gasteiger partial charge is 0.495 e. The van der Waals surface area contributed by atoms with E-state index in [1.165, 1.54) is 7.11 Å². The van der Waals surface area contributed by atoms with E-state index in [1.54, 1.807) is 17.0 Å². The van der Waals surface area contributed by atoms with Crippen LogP contribution in [0.4, 0.5) is 18.9 Å². The van der Waals surface area contributed by atoms with Gasteiger partial charge in [0.1, 0.15) is 5.75 Å². The number of halogens is 6. The van der Waals surface area contributed by atoms with E-state index in [4.69, 9.17) is 45.3 Å². The predicted octanol–water partition coefficient (Wildman–Crippen LogP) is 3.85. The van der Waals surface area contributed by atoms with Crippen LogP contribution in [-0.4, -0.2) is 54.3 Å². The first-order chi connectivity index (χ1) is 14.6. The minimum Gasteiger partial charge on any atom is -0.495 e. The fraction of sp³-hybridized carbons (Fsp3) is 0.444. The number of carbonyl (C=O) groups excluding carboxylic acids is 1. The number of piperazine rings is 1. The molecule has 170 valence electrons. The van der Waals surface area contributed by atoms with E-state index in [2.05, 4.69) is 5.10 Å². The van der Waals surface area contributed by atoms with E-state index in [9.17, 15) is 18.0 Å². The maximum Gasteiger partial charge on any atom is 0.436 e. The molecule has 0 spiro atoms. The molecule has 1 aromatic heterocycles. The van der Waals surface area contributed by atoms with Gasteiger partial charge >= 0.3 is 6.18 Å². The quantitative estimate of drug-likeness (QED) is 0.607. The molecule has 13 heteroatoms. The summed E-state index contributed by atoms with van der Waals surface area (Å²) in [6.45, 7) is 1.31. The van der Waals surface area contributed by atoms with Gasteiger partial charge < -0.3 is 15.4 Å². The Hall–Kier alpha value is -1.72. The molecule has 0 bridgehead atoms. The number of aromatic nitrogens is 2. The van der Waals surface area contributed by atoms with E-state index in [-0.39, 0.29) is 12.2 Å². The lowest BCUT2D eigenvalue weighted by molar-refractivity contribution is -0.142. The van der Waals surface area contributed by atoms with E-state index in [0.29, 0.717) is 53.9 Å². The number of hydrogen-bond donors (Lipinski definition) is 1. The van der Waals surface area contributed by atoms with Crippen LogP contribution >= 0.6 is 34.8 Å². The van der Waals surface area contributed by atoms with Gasteiger partial charge in [-0.05, 0) is 6.07 Å². The second-order valence-electron chi connectivity index (χ2n) is 6.77. The third-order valence-electron chi connectivity index (χ3n) is 5.03. The zero-order valence-electron chi connectivity index (χ0n) is 16.3. The molecule has 1 fully saturated rings. The summed E-state index contributed by atoms with van der Waals surface area (Å²) in [5, 5.41) is 3.78. The molecule has 3 rings (SSSR count). The number of alkyl halides is 3. The van der Waals surface area contributed by atoms with E-state index < -0.39 is 23.1 Å². The van der Waals surface area contributed by atoms with Crippen molar-refractivity contribution in [3.05, 3.63) is 38.6 Å². The highest BCUT2D eigenvalue weighted by Crippen LogP contribution is 2.38. The lowest BCUT2D eigenvalue weighted by atomic mass is 10.2. The summed E-state index contributed by atoms with van der Waals surface area (Å²) in [6, 6.07) is 3.29. The molecular formula is C18H19Cl3F3N5O2. The van der Waals surface area contributed by atoms with Crippen LogP contribution in [0.5, 0.6) is 5.75 Å². The Labute approximate surface area is 191 Å². The standard InChI is InChI=1S/C18H19Cl3F3N5O2/c1-31-14-7-12(10(19)6-11(14)20)27-2-4-28(5-3-27)15(9-30)29-13(8-25)16(21)17(26-29)18(22,23)24/h6-7,9,15H,2-5,8,25H2,1H3. The van der Waals surface area contributed by atoms with Crippen LogP contribution < -0.4 is 15.4 Å². The molecule has 1 aliphatic heterocycles. The van der Waals surface area contributed by atoms with E-state index in [1.807, 2.05) is 4.90 Å². The zero-order chi connectivity index (χ0) is 22.9. The molecule has 2 aromatic rings. The number of nitrogens with zero attached hydrogens (tertiary/aromatic N) is 4. The van der Waals surface area contributed by atoms with Gasteiger partial charge in [-0.15, -0.1) is 0 Å². The van der Waals surface area contributed by atoms with Gasteiger partial charge in [0.25, 0.3) is 0 Å². The van der Waals surface area contributed by atoms with Gasteiger partial charge in [0.2, 0.25) is 0 Å². The molecule has 0 aliphatic carbocycles. The number of anilines is 1. The molecule has 0 radical (unpaired) electrons. The van der Waals surface area contributed by atoms with Crippen molar-refractivity contribution in [3.63, 3.8) is 0 Å². The van der Waals surface area contributed by atoms with Gasteiger partial charge in [-0.1, -0.05) is 34.8 Å². The second-order valence-corrected chi connectivity index (χ2v) is 7.96. The van der Waals surface area contributed by atoms with Crippen LogP contribution in [0.25, 0.3) is 0 Å². The summed E-state index contributed by atoms with van der Waals surface area (Å²) < 4.78 is 45.8. The Kier molecular flexibility index (Phi) is 7.27. The van der Waals surface area contributed by atoms with Crippen molar-refractivity contribution in [2.75, 3.05) is 38.2 Å². The zero-order valence-corrected chi connectivity index (χ0v) is 18.6. The maximum absolute atomic E-state index is 13.2. The third kappa shape index (κ3) is 4.73. The van der Waals surface area contributed by atoms with Crippen molar-refractivity contribution in [1.82, 2.24) is 14.7 Å². The normalized spacial score (nSPS) is 16.5. The molecule has 0 saturated carbocycles. The predicted molar refractivity (Wildman–Crippen MR) is 112 cm³/mol. The maximum atomic E-state index is 13.2. The van der Waals surface area contributed by atoms with Crippen LogP contribution in [0.15, 0.2) is 12.1 Å². The summed E-state index contributed by atoms with van der Waals surface area (Å²) in [5.41, 5.74) is 4.97.